The first-order chi connectivity index (χ1) is 9.51. The highest BCUT2D eigenvalue weighted by molar-refractivity contribution is 6.68. The topological polar surface area (TPSA) is 52.6 Å². The van der Waals surface area contributed by atoms with E-state index < -0.39 is 10.5 Å². The molecule has 0 unspecified atom stereocenters. The Kier molecular flexibility index (Phi) is 4.16. The molecule has 0 fully saturated rings. The predicted octanol–water partition coefficient (Wildman–Crippen LogP) is 3.62. The molecule has 2 aromatic carbocycles. The highest BCUT2D eigenvalue weighted by Crippen LogP contribution is 2.38. The summed E-state index contributed by atoms with van der Waals surface area (Å²) in [6.07, 6.45) is 0. The Bertz CT molecular complexity index is 649. The van der Waals surface area contributed by atoms with Crippen molar-refractivity contribution in [2.24, 2.45) is 0 Å². The number of carbonyl (C=O) groups is 2. The van der Waals surface area contributed by atoms with Crippen LogP contribution in [0.5, 0.6) is 11.5 Å². The molecule has 0 heterocycles. The van der Waals surface area contributed by atoms with E-state index in [0.29, 0.717) is 22.3 Å². The normalized spacial score (nSPS) is 10.4. The van der Waals surface area contributed by atoms with E-state index in [1.54, 1.807) is 12.1 Å². The van der Waals surface area contributed by atoms with Crippen molar-refractivity contribution in [1.29, 1.82) is 0 Å². The van der Waals surface area contributed by atoms with Gasteiger partial charge in [0.2, 0.25) is 0 Å². The van der Waals surface area contributed by atoms with Crippen LogP contribution in [-0.2, 0) is 0 Å². The fraction of sp³-hybridized carbons (Fsp3) is 0.143. The Morgan fingerprint density at radius 3 is 1.40 bits per heavy atom. The Morgan fingerprint density at radius 1 is 0.800 bits per heavy atom. The largest absolute Gasteiger partial charge is 0.495 e. The number of rotatable bonds is 4. The first-order valence-corrected chi connectivity index (χ1v) is 6.34. The van der Waals surface area contributed by atoms with Crippen molar-refractivity contribution in [2.75, 3.05) is 14.2 Å². The van der Waals surface area contributed by atoms with Gasteiger partial charge in [0.15, 0.2) is 0 Å². The third-order valence-electron chi connectivity index (χ3n) is 2.93. The lowest BCUT2D eigenvalue weighted by Gasteiger charge is -2.13. The van der Waals surface area contributed by atoms with Gasteiger partial charge >= 0.3 is 0 Å². The maximum Gasteiger partial charge on any atom is 0.256 e. The van der Waals surface area contributed by atoms with Crippen LogP contribution in [-0.4, -0.2) is 24.7 Å². The summed E-state index contributed by atoms with van der Waals surface area (Å²) in [5.74, 6) is 0.656. The van der Waals surface area contributed by atoms with Gasteiger partial charge < -0.3 is 9.47 Å². The molecule has 0 aliphatic rings. The molecule has 0 spiro atoms. The molecule has 0 aliphatic heterocycles. The number of halogens is 2. The van der Waals surface area contributed by atoms with Crippen molar-refractivity contribution in [3.05, 3.63) is 35.4 Å². The molecule has 2 aromatic rings. The van der Waals surface area contributed by atoms with Crippen LogP contribution in [0.3, 0.4) is 0 Å². The SMILES string of the molecule is COc1c(C(=O)Cl)ccc2c(OC)c(C(=O)Cl)ccc12. The van der Waals surface area contributed by atoms with E-state index in [2.05, 4.69) is 0 Å². The van der Waals surface area contributed by atoms with Crippen molar-refractivity contribution < 1.29 is 19.1 Å². The summed E-state index contributed by atoms with van der Waals surface area (Å²) in [4.78, 5) is 22.8. The van der Waals surface area contributed by atoms with Crippen LogP contribution in [0.1, 0.15) is 20.7 Å². The first kappa shape index (κ1) is 14.6. The lowest BCUT2D eigenvalue weighted by atomic mass is 10.0. The van der Waals surface area contributed by atoms with Gasteiger partial charge in [-0.1, -0.05) is 0 Å². The molecule has 0 bridgehead atoms. The van der Waals surface area contributed by atoms with E-state index in [9.17, 15) is 9.59 Å². The second kappa shape index (κ2) is 5.69. The molecule has 0 saturated carbocycles. The number of methoxy groups -OCH3 is 2. The van der Waals surface area contributed by atoms with Crippen molar-refractivity contribution in [3.8, 4) is 11.5 Å². The van der Waals surface area contributed by atoms with Gasteiger partial charge in [-0.25, -0.2) is 0 Å². The lowest BCUT2D eigenvalue weighted by molar-refractivity contribution is 0.107. The van der Waals surface area contributed by atoms with Crippen LogP contribution in [0.4, 0.5) is 0 Å². The summed E-state index contributed by atoms with van der Waals surface area (Å²) >= 11 is 11.0. The molecule has 0 amide bonds. The van der Waals surface area contributed by atoms with Gasteiger partial charge in [0.25, 0.3) is 10.5 Å². The summed E-state index contributed by atoms with van der Waals surface area (Å²) in [6.45, 7) is 0. The summed E-state index contributed by atoms with van der Waals surface area (Å²) in [6, 6.07) is 6.30. The zero-order valence-corrected chi connectivity index (χ0v) is 12.2. The van der Waals surface area contributed by atoms with Gasteiger partial charge in [0, 0.05) is 10.8 Å². The van der Waals surface area contributed by atoms with Gasteiger partial charge in [-0.3, -0.25) is 9.59 Å². The number of hydrogen-bond donors (Lipinski definition) is 0. The summed E-state index contributed by atoms with van der Waals surface area (Å²) in [5, 5.41) is -0.0320. The monoisotopic (exact) mass is 312 g/mol. The third kappa shape index (κ3) is 2.32. The van der Waals surface area contributed by atoms with Gasteiger partial charge in [-0.15, -0.1) is 0 Å². The van der Waals surface area contributed by atoms with E-state index in [-0.39, 0.29) is 11.1 Å². The minimum atomic E-state index is -0.625. The fourth-order valence-corrected chi connectivity index (χ4v) is 2.40. The van der Waals surface area contributed by atoms with Crippen LogP contribution in [0, 0.1) is 0 Å². The molecule has 0 aliphatic carbocycles. The molecule has 0 N–H and O–H groups in total. The first-order valence-electron chi connectivity index (χ1n) is 5.58. The smallest absolute Gasteiger partial charge is 0.256 e. The summed E-state index contributed by atoms with van der Waals surface area (Å²) in [5.41, 5.74) is 0.488. The zero-order valence-electron chi connectivity index (χ0n) is 10.7. The lowest BCUT2D eigenvalue weighted by Crippen LogP contribution is -2.00. The van der Waals surface area contributed by atoms with Crippen LogP contribution < -0.4 is 9.47 Å². The number of carbonyl (C=O) groups excluding carboxylic acids is 2. The van der Waals surface area contributed by atoms with Crippen molar-refractivity contribution in [3.63, 3.8) is 0 Å². The molecule has 0 atom stereocenters. The van der Waals surface area contributed by atoms with Gasteiger partial charge in [0.05, 0.1) is 25.3 Å². The standard InChI is InChI=1S/C14H10Cl2O4/c1-19-11-7-3-6-10(14(16)18)12(20-2)8(7)4-5-9(11)13(15)17/h3-6H,1-2H3. The van der Waals surface area contributed by atoms with E-state index in [1.165, 1.54) is 26.4 Å². The Hall–Kier alpha value is -1.78. The molecule has 0 radical (unpaired) electrons. The van der Waals surface area contributed by atoms with E-state index in [4.69, 9.17) is 32.7 Å². The Balaban J connectivity index is 2.88. The highest BCUT2D eigenvalue weighted by Gasteiger charge is 2.19. The quantitative estimate of drug-likeness (QED) is 0.809. The van der Waals surface area contributed by atoms with Crippen LogP contribution in [0.25, 0.3) is 10.8 Å². The maximum atomic E-state index is 11.4. The molecule has 2 rings (SSSR count). The van der Waals surface area contributed by atoms with Crippen molar-refractivity contribution in [2.45, 2.75) is 0 Å². The van der Waals surface area contributed by atoms with Gasteiger partial charge in [-0.2, -0.15) is 0 Å². The molecule has 0 saturated heterocycles. The third-order valence-corrected chi connectivity index (χ3v) is 3.34. The number of fused-ring (bicyclic) bond motifs is 1. The average molecular weight is 313 g/mol. The fourth-order valence-electron chi connectivity index (χ4n) is 2.10. The molecule has 6 heteroatoms. The van der Waals surface area contributed by atoms with Crippen LogP contribution >= 0.6 is 23.2 Å². The van der Waals surface area contributed by atoms with E-state index in [0.717, 1.165) is 0 Å². The number of ether oxygens (including phenoxy) is 2. The second-order valence-corrected chi connectivity index (χ2v) is 4.62. The van der Waals surface area contributed by atoms with Crippen LogP contribution in [0.2, 0.25) is 0 Å². The molecule has 20 heavy (non-hydrogen) atoms. The summed E-state index contributed by atoms with van der Waals surface area (Å²) < 4.78 is 10.5. The molecule has 4 nitrogen and oxygen atoms in total. The Morgan fingerprint density at radius 2 is 1.15 bits per heavy atom. The van der Waals surface area contributed by atoms with Crippen molar-refractivity contribution >= 4 is 44.5 Å². The van der Waals surface area contributed by atoms with Gasteiger partial charge in [-0.05, 0) is 47.5 Å². The van der Waals surface area contributed by atoms with Crippen LogP contribution in [0.15, 0.2) is 24.3 Å². The summed E-state index contributed by atoms with van der Waals surface area (Å²) in [7, 11) is 2.87. The Labute approximate surface area is 125 Å². The number of hydrogen-bond acceptors (Lipinski definition) is 4. The highest BCUT2D eigenvalue weighted by atomic mass is 35.5. The molecular formula is C14H10Cl2O4. The van der Waals surface area contributed by atoms with E-state index >= 15 is 0 Å². The predicted molar refractivity (Wildman–Crippen MR) is 77.4 cm³/mol. The number of benzene rings is 2. The minimum absolute atomic E-state index is 0.244. The molecular weight excluding hydrogens is 303 g/mol. The van der Waals surface area contributed by atoms with E-state index in [1.807, 2.05) is 0 Å². The maximum absolute atomic E-state index is 11.4. The zero-order chi connectivity index (χ0) is 14.9. The van der Waals surface area contributed by atoms with Gasteiger partial charge in [0.1, 0.15) is 11.5 Å². The average Bonchev–Trinajstić information content (AvgIpc) is 2.43. The van der Waals surface area contributed by atoms with Crippen molar-refractivity contribution in [1.82, 2.24) is 0 Å². The second-order valence-electron chi connectivity index (χ2n) is 3.94. The molecule has 104 valence electrons. The molecule has 0 aromatic heterocycles. The minimum Gasteiger partial charge on any atom is -0.495 e.